The van der Waals surface area contributed by atoms with Gasteiger partial charge in [0, 0.05) is 65.0 Å². The molecule has 11 nitrogen and oxygen atoms in total. The molecule has 0 saturated carbocycles. The number of carbonyl (C=O) groups excluding carboxylic acids is 1. The third kappa shape index (κ3) is 9.50. The Kier molecular flexibility index (Phi) is 14.9. The van der Waals surface area contributed by atoms with Crippen LogP contribution in [-0.4, -0.2) is 119 Å². The molecule has 2 unspecified atom stereocenters. The van der Waals surface area contributed by atoms with E-state index >= 15 is 0 Å². The minimum atomic E-state index is -1.72. The second-order valence-corrected chi connectivity index (χ2v) is 10.9. The van der Waals surface area contributed by atoms with Crippen molar-refractivity contribution >= 4 is 5.97 Å². The van der Waals surface area contributed by atoms with Crippen molar-refractivity contribution < 1.29 is 54.4 Å². The largest absolute Gasteiger partial charge is 0.456 e. The van der Waals surface area contributed by atoms with E-state index in [0.29, 0.717) is 12.0 Å². The van der Waals surface area contributed by atoms with Crippen LogP contribution in [0, 0.1) is 11.3 Å². The van der Waals surface area contributed by atoms with Gasteiger partial charge in [0.05, 0.1) is 36.6 Å². The summed E-state index contributed by atoms with van der Waals surface area (Å²) in [6.07, 6.45) is -8.21. The van der Waals surface area contributed by atoms with Crippen LogP contribution in [0.25, 0.3) is 0 Å². The average Bonchev–Trinajstić information content (AvgIpc) is 2.89. The van der Waals surface area contributed by atoms with Crippen LogP contribution in [0.15, 0.2) is 11.6 Å². The number of methoxy groups -OCH3 is 3. The van der Waals surface area contributed by atoms with Gasteiger partial charge in [-0.15, -0.1) is 0 Å². The number of carbonyl (C=O) groups is 1. The van der Waals surface area contributed by atoms with Crippen molar-refractivity contribution in [2.24, 2.45) is 11.3 Å². The zero-order chi connectivity index (χ0) is 29.2. The van der Waals surface area contributed by atoms with Crippen molar-refractivity contribution in [1.82, 2.24) is 0 Å². The Morgan fingerprint density at radius 3 is 2.08 bits per heavy atom. The normalized spacial score (nSPS) is 37.4. The molecule has 38 heavy (non-hydrogen) atoms. The Labute approximate surface area is 226 Å². The Morgan fingerprint density at radius 2 is 1.58 bits per heavy atom. The maximum Gasteiger partial charge on any atom is 0.338 e. The van der Waals surface area contributed by atoms with Crippen LogP contribution in [0.2, 0.25) is 0 Å². The van der Waals surface area contributed by atoms with Crippen molar-refractivity contribution in [3.05, 3.63) is 11.6 Å². The molecule has 0 bridgehead atoms. The molecule has 1 saturated heterocycles. The van der Waals surface area contributed by atoms with Crippen LogP contribution in [-0.2, 0) is 23.7 Å². The van der Waals surface area contributed by atoms with E-state index in [0.717, 1.165) is 0 Å². The van der Waals surface area contributed by atoms with Gasteiger partial charge in [-0.2, -0.15) is 0 Å². The van der Waals surface area contributed by atoms with Gasteiger partial charge in [-0.3, -0.25) is 0 Å². The summed E-state index contributed by atoms with van der Waals surface area (Å²) in [5.41, 5.74) is -0.572. The van der Waals surface area contributed by atoms with Gasteiger partial charge < -0.3 is 49.6 Å². The summed E-state index contributed by atoms with van der Waals surface area (Å²) < 4.78 is 21.9. The van der Waals surface area contributed by atoms with E-state index in [4.69, 9.17) is 18.9 Å². The van der Waals surface area contributed by atoms with E-state index in [9.17, 15) is 35.4 Å². The van der Waals surface area contributed by atoms with Gasteiger partial charge in [-0.05, 0) is 18.9 Å². The second kappa shape index (κ2) is 16.2. The number of aliphatic hydroxyl groups is 6. The second-order valence-electron chi connectivity index (χ2n) is 10.9. The zero-order valence-corrected chi connectivity index (χ0v) is 23.8. The molecule has 0 aliphatic carbocycles. The number of hydrogen-bond donors (Lipinski definition) is 6. The van der Waals surface area contributed by atoms with E-state index in [1.807, 2.05) is 6.92 Å². The summed E-state index contributed by atoms with van der Waals surface area (Å²) >= 11 is 0. The maximum absolute atomic E-state index is 13.0. The van der Waals surface area contributed by atoms with Crippen LogP contribution >= 0.6 is 0 Å². The van der Waals surface area contributed by atoms with Crippen LogP contribution in [0.4, 0.5) is 0 Å². The van der Waals surface area contributed by atoms with E-state index < -0.39 is 66.3 Å². The smallest absolute Gasteiger partial charge is 0.338 e. The van der Waals surface area contributed by atoms with Crippen molar-refractivity contribution in [2.75, 3.05) is 27.9 Å². The molecule has 0 aromatic carbocycles. The molecule has 10 atom stereocenters. The quantitative estimate of drug-likeness (QED) is 0.190. The van der Waals surface area contributed by atoms with Crippen LogP contribution < -0.4 is 0 Å². The third-order valence-corrected chi connectivity index (χ3v) is 7.85. The van der Waals surface area contributed by atoms with Gasteiger partial charge in [0.2, 0.25) is 0 Å². The van der Waals surface area contributed by atoms with Gasteiger partial charge in [0.15, 0.2) is 6.10 Å². The molecule has 0 amide bonds. The fourth-order valence-electron chi connectivity index (χ4n) is 4.75. The molecule has 0 aromatic heterocycles. The standard InChI is InChI=1S/C27H50O11/c1-8-16(14-28)9-15(2)19-12-18(35-5)13-22(30)27(3,4)25(33)23(31)20(36-6)10-17(29)11-21(37-7)24(32)26(34)38-19/h9,16-25,28-33H,8,10-14H2,1-7H3/b15-9+/t16-,17-,18-,19?,20-,21-,22+,23-,24+,25?/m1/s1. The number of esters is 1. The predicted octanol–water partition coefficient (Wildman–Crippen LogP) is 0.313. The zero-order valence-electron chi connectivity index (χ0n) is 23.8. The van der Waals surface area contributed by atoms with Crippen molar-refractivity contribution in [2.45, 2.75) is 115 Å². The molecule has 1 fully saturated rings. The predicted molar refractivity (Wildman–Crippen MR) is 139 cm³/mol. The summed E-state index contributed by atoms with van der Waals surface area (Å²) in [7, 11) is 4.07. The molecule has 1 heterocycles. The van der Waals surface area contributed by atoms with Crippen molar-refractivity contribution in [3.63, 3.8) is 0 Å². The average molecular weight is 551 g/mol. The lowest BCUT2D eigenvalue weighted by atomic mass is 9.74. The van der Waals surface area contributed by atoms with Crippen LogP contribution in [0.5, 0.6) is 0 Å². The molecule has 1 aliphatic rings. The minimum absolute atomic E-state index is 0.0370. The van der Waals surface area contributed by atoms with Crippen molar-refractivity contribution in [1.29, 1.82) is 0 Å². The Morgan fingerprint density at radius 1 is 1.00 bits per heavy atom. The minimum Gasteiger partial charge on any atom is -0.456 e. The summed E-state index contributed by atoms with van der Waals surface area (Å²) in [4.78, 5) is 13.0. The SMILES string of the molecule is CC[C@H](/C=C(\C)C1C[C@@H](OC)C[C@H](O)C(C)(C)C(O)[C@H](O)[C@H](OC)C[C@@H](O)C[C@@H](OC)[C@H](O)C(=O)O1)CO. The fraction of sp³-hybridized carbons (Fsp3) is 0.889. The first-order valence-corrected chi connectivity index (χ1v) is 13.2. The Hall–Kier alpha value is -1.15. The first-order valence-electron chi connectivity index (χ1n) is 13.2. The third-order valence-electron chi connectivity index (χ3n) is 7.85. The molecule has 1 rings (SSSR count). The van der Waals surface area contributed by atoms with E-state index in [2.05, 4.69) is 0 Å². The molecule has 6 N–H and O–H groups in total. The molecule has 0 aromatic rings. The highest BCUT2D eigenvalue weighted by molar-refractivity contribution is 5.75. The van der Waals surface area contributed by atoms with Crippen LogP contribution in [0.1, 0.15) is 59.8 Å². The molecule has 224 valence electrons. The van der Waals surface area contributed by atoms with Gasteiger partial charge in [-0.1, -0.05) is 26.8 Å². The van der Waals surface area contributed by atoms with E-state index in [1.54, 1.807) is 26.8 Å². The Bertz CT molecular complexity index is 724. The molecule has 0 spiro atoms. The number of cyclic esters (lactones) is 1. The first-order chi connectivity index (χ1) is 17.8. The van der Waals surface area contributed by atoms with Gasteiger partial charge >= 0.3 is 5.97 Å². The van der Waals surface area contributed by atoms with Crippen LogP contribution in [0.3, 0.4) is 0 Å². The highest BCUT2D eigenvalue weighted by Crippen LogP contribution is 2.34. The summed E-state index contributed by atoms with van der Waals surface area (Å²) in [6.45, 7) is 6.79. The molecular weight excluding hydrogens is 500 g/mol. The van der Waals surface area contributed by atoms with Crippen molar-refractivity contribution in [3.8, 4) is 0 Å². The van der Waals surface area contributed by atoms with Gasteiger partial charge in [0.1, 0.15) is 12.2 Å². The van der Waals surface area contributed by atoms with Gasteiger partial charge in [0.25, 0.3) is 0 Å². The monoisotopic (exact) mass is 550 g/mol. The van der Waals surface area contributed by atoms with E-state index in [-0.39, 0.29) is 38.2 Å². The first kappa shape index (κ1) is 34.9. The van der Waals surface area contributed by atoms with E-state index in [1.165, 1.54) is 21.3 Å². The topological polar surface area (TPSA) is 175 Å². The lowest BCUT2D eigenvalue weighted by Gasteiger charge is -2.41. The molecular formula is C27H50O11. The summed E-state index contributed by atoms with van der Waals surface area (Å²) in [5.74, 6) is -1.13. The number of hydrogen-bond acceptors (Lipinski definition) is 11. The number of aliphatic hydroxyl groups excluding tert-OH is 6. The van der Waals surface area contributed by atoms with Gasteiger partial charge in [-0.25, -0.2) is 4.79 Å². The summed E-state index contributed by atoms with van der Waals surface area (Å²) in [6, 6.07) is 0. The molecule has 1 aliphatic heterocycles. The number of rotatable bonds is 7. The number of ether oxygens (including phenoxy) is 4. The lowest BCUT2D eigenvalue weighted by molar-refractivity contribution is -0.171. The molecule has 0 radical (unpaired) electrons. The lowest BCUT2D eigenvalue weighted by Crippen LogP contribution is -2.53. The highest BCUT2D eigenvalue weighted by Gasteiger charge is 2.44. The molecule has 11 heteroatoms. The maximum atomic E-state index is 13.0. The Balaban J connectivity index is 3.49. The fourth-order valence-corrected chi connectivity index (χ4v) is 4.75. The summed E-state index contributed by atoms with van der Waals surface area (Å²) in [5, 5.41) is 64.1. The highest BCUT2D eigenvalue weighted by atomic mass is 16.6.